The van der Waals surface area contributed by atoms with Crippen LogP contribution in [0.1, 0.15) is 5.56 Å². The van der Waals surface area contributed by atoms with E-state index in [1.54, 1.807) is 19.4 Å². The molecule has 0 radical (unpaired) electrons. The number of hydrogen-bond donors (Lipinski definition) is 2. The largest absolute Gasteiger partial charge is 0.497 e. The monoisotopic (exact) mass is 294 g/mol. The van der Waals surface area contributed by atoms with Gasteiger partial charge in [0.25, 0.3) is 5.56 Å². The van der Waals surface area contributed by atoms with Crippen LogP contribution >= 0.6 is 0 Å². The molecule has 6 heteroatoms. The smallest absolute Gasteiger partial charge is 0.293 e. The summed E-state index contributed by atoms with van der Waals surface area (Å²) in [5, 5.41) is 4.04. The highest BCUT2D eigenvalue weighted by Crippen LogP contribution is 2.10. The van der Waals surface area contributed by atoms with E-state index in [9.17, 15) is 4.79 Å². The first-order chi connectivity index (χ1) is 10.8. The Balaban J connectivity index is 1.79. The van der Waals surface area contributed by atoms with E-state index in [1.807, 2.05) is 42.5 Å². The van der Waals surface area contributed by atoms with Crippen LogP contribution in [0.25, 0.3) is 11.0 Å². The van der Waals surface area contributed by atoms with Crippen molar-refractivity contribution in [3.8, 4) is 5.75 Å². The van der Waals surface area contributed by atoms with E-state index in [0.717, 1.165) is 11.3 Å². The maximum Gasteiger partial charge on any atom is 0.293 e. The third-order valence-electron chi connectivity index (χ3n) is 3.10. The minimum Gasteiger partial charge on any atom is -0.497 e. The molecular weight excluding hydrogens is 280 g/mol. The molecule has 3 aromatic rings. The zero-order valence-corrected chi connectivity index (χ0v) is 11.9. The molecule has 2 aromatic carbocycles. The Morgan fingerprint density at radius 3 is 2.73 bits per heavy atom. The van der Waals surface area contributed by atoms with Crippen LogP contribution in [-0.4, -0.2) is 23.3 Å². The summed E-state index contributed by atoms with van der Waals surface area (Å²) in [6.07, 6.45) is 1.61. The van der Waals surface area contributed by atoms with Crippen LogP contribution in [0, 0.1) is 0 Å². The zero-order chi connectivity index (χ0) is 15.4. The molecule has 22 heavy (non-hydrogen) atoms. The van der Waals surface area contributed by atoms with Gasteiger partial charge in [-0.1, -0.05) is 12.1 Å². The number of aromatic nitrogens is 2. The Hall–Kier alpha value is -3.15. The highest BCUT2D eigenvalue weighted by Gasteiger charge is 2.02. The standard InChI is InChI=1S/C16H14N4O2/c1-22-12-8-6-11(7-9-12)10-17-20-15-16(21)19-14-5-3-2-4-13(14)18-15/h2-10H,1H3,(H,18,20)(H,19,21)/b17-10+. The second kappa shape index (κ2) is 6.09. The van der Waals surface area contributed by atoms with Crippen molar-refractivity contribution in [3.63, 3.8) is 0 Å². The van der Waals surface area contributed by atoms with Crippen LogP contribution in [0.15, 0.2) is 58.4 Å². The molecule has 0 atom stereocenters. The summed E-state index contributed by atoms with van der Waals surface area (Å²) in [6.45, 7) is 0. The van der Waals surface area contributed by atoms with E-state index < -0.39 is 0 Å². The second-order valence-corrected chi connectivity index (χ2v) is 4.57. The third-order valence-corrected chi connectivity index (χ3v) is 3.10. The molecule has 0 aliphatic heterocycles. The van der Waals surface area contributed by atoms with Crippen molar-refractivity contribution in [2.45, 2.75) is 0 Å². The van der Waals surface area contributed by atoms with E-state index in [-0.39, 0.29) is 11.4 Å². The lowest BCUT2D eigenvalue weighted by molar-refractivity contribution is 0.415. The number of ether oxygens (including phenoxy) is 1. The van der Waals surface area contributed by atoms with E-state index in [2.05, 4.69) is 20.5 Å². The van der Waals surface area contributed by atoms with E-state index in [0.29, 0.717) is 11.0 Å². The third kappa shape index (κ3) is 2.95. The molecule has 0 amide bonds. The summed E-state index contributed by atoms with van der Waals surface area (Å²) in [5.41, 5.74) is 4.62. The van der Waals surface area contributed by atoms with Gasteiger partial charge in [-0.25, -0.2) is 4.98 Å². The Bertz CT molecular complexity index is 869. The number of hydrogen-bond acceptors (Lipinski definition) is 5. The summed E-state index contributed by atoms with van der Waals surface area (Å²) in [6, 6.07) is 14.7. The molecule has 2 N–H and O–H groups in total. The van der Waals surface area contributed by atoms with E-state index >= 15 is 0 Å². The van der Waals surface area contributed by atoms with Crippen molar-refractivity contribution < 1.29 is 4.74 Å². The fraction of sp³-hybridized carbons (Fsp3) is 0.0625. The SMILES string of the molecule is COc1ccc(/C=N/Nc2nc3ccccc3[nH]c2=O)cc1. The quantitative estimate of drug-likeness (QED) is 0.572. The van der Waals surface area contributed by atoms with Crippen LogP contribution in [-0.2, 0) is 0 Å². The normalized spacial score (nSPS) is 11.0. The van der Waals surface area contributed by atoms with Crippen LogP contribution in [0.4, 0.5) is 5.82 Å². The summed E-state index contributed by atoms with van der Waals surface area (Å²) in [5.74, 6) is 0.932. The average molecular weight is 294 g/mol. The summed E-state index contributed by atoms with van der Waals surface area (Å²) < 4.78 is 5.08. The molecule has 0 aliphatic rings. The van der Waals surface area contributed by atoms with Gasteiger partial charge in [-0.2, -0.15) is 5.10 Å². The van der Waals surface area contributed by atoms with Crippen molar-refractivity contribution >= 4 is 23.1 Å². The number of fused-ring (bicyclic) bond motifs is 1. The Kier molecular flexibility index (Phi) is 3.82. The van der Waals surface area contributed by atoms with Crippen molar-refractivity contribution in [2.24, 2.45) is 5.10 Å². The minimum atomic E-state index is -0.314. The molecule has 0 spiro atoms. The van der Waals surface area contributed by atoms with Gasteiger partial charge in [0.2, 0.25) is 5.82 Å². The number of methoxy groups -OCH3 is 1. The van der Waals surface area contributed by atoms with Gasteiger partial charge in [-0.05, 0) is 42.0 Å². The molecule has 0 unspecified atom stereocenters. The van der Waals surface area contributed by atoms with Crippen molar-refractivity contribution in [2.75, 3.05) is 12.5 Å². The van der Waals surface area contributed by atoms with E-state index in [4.69, 9.17) is 4.74 Å². The van der Waals surface area contributed by atoms with Crippen LogP contribution in [0.2, 0.25) is 0 Å². The second-order valence-electron chi connectivity index (χ2n) is 4.57. The highest BCUT2D eigenvalue weighted by molar-refractivity contribution is 5.80. The fourth-order valence-electron chi connectivity index (χ4n) is 1.96. The van der Waals surface area contributed by atoms with Gasteiger partial charge in [0.1, 0.15) is 5.75 Å². The molecular formula is C16H14N4O2. The lowest BCUT2D eigenvalue weighted by atomic mass is 10.2. The van der Waals surface area contributed by atoms with Crippen molar-refractivity contribution in [3.05, 3.63) is 64.4 Å². The first kappa shape index (κ1) is 13.8. The summed E-state index contributed by atoms with van der Waals surface area (Å²) in [4.78, 5) is 18.9. The number of nitrogens with zero attached hydrogens (tertiary/aromatic N) is 2. The summed E-state index contributed by atoms with van der Waals surface area (Å²) >= 11 is 0. The molecule has 0 fully saturated rings. The molecule has 0 bridgehead atoms. The molecule has 3 rings (SSSR count). The van der Waals surface area contributed by atoms with Gasteiger partial charge in [0.15, 0.2) is 0 Å². The fourth-order valence-corrected chi connectivity index (χ4v) is 1.96. The average Bonchev–Trinajstić information content (AvgIpc) is 2.56. The van der Waals surface area contributed by atoms with Gasteiger partial charge < -0.3 is 9.72 Å². The van der Waals surface area contributed by atoms with Gasteiger partial charge in [-0.15, -0.1) is 0 Å². The molecule has 6 nitrogen and oxygen atoms in total. The Morgan fingerprint density at radius 1 is 1.18 bits per heavy atom. The Labute approximate surface area is 126 Å². The topological polar surface area (TPSA) is 79.4 Å². The lowest BCUT2D eigenvalue weighted by Gasteiger charge is -2.01. The number of hydrazone groups is 1. The van der Waals surface area contributed by atoms with Crippen LogP contribution in [0.3, 0.4) is 0 Å². The van der Waals surface area contributed by atoms with Crippen LogP contribution < -0.4 is 15.7 Å². The predicted molar refractivity (Wildman–Crippen MR) is 86.6 cm³/mol. The van der Waals surface area contributed by atoms with Crippen molar-refractivity contribution in [1.29, 1.82) is 0 Å². The molecule has 0 saturated carbocycles. The van der Waals surface area contributed by atoms with Gasteiger partial charge in [-0.3, -0.25) is 10.2 Å². The molecule has 110 valence electrons. The maximum atomic E-state index is 11.9. The first-order valence-corrected chi connectivity index (χ1v) is 6.68. The number of H-pyrrole nitrogens is 1. The number of benzene rings is 2. The maximum absolute atomic E-state index is 11.9. The van der Waals surface area contributed by atoms with E-state index in [1.165, 1.54) is 0 Å². The molecule has 0 aliphatic carbocycles. The Morgan fingerprint density at radius 2 is 1.95 bits per heavy atom. The van der Waals surface area contributed by atoms with Gasteiger partial charge >= 0.3 is 0 Å². The number of rotatable bonds is 4. The number of aromatic amines is 1. The molecule has 0 saturated heterocycles. The first-order valence-electron chi connectivity index (χ1n) is 6.68. The van der Waals surface area contributed by atoms with Gasteiger partial charge in [0.05, 0.1) is 24.4 Å². The lowest BCUT2D eigenvalue weighted by Crippen LogP contribution is -2.13. The minimum absolute atomic E-state index is 0.156. The highest BCUT2D eigenvalue weighted by atomic mass is 16.5. The predicted octanol–water partition coefficient (Wildman–Crippen LogP) is 2.38. The molecule has 1 heterocycles. The number of para-hydroxylation sites is 2. The summed E-state index contributed by atoms with van der Waals surface area (Å²) in [7, 11) is 1.61. The van der Waals surface area contributed by atoms with Gasteiger partial charge in [0, 0.05) is 0 Å². The van der Waals surface area contributed by atoms with Crippen LogP contribution in [0.5, 0.6) is 5.75 Å². The van der Waals surface area contributed by atoms with Crippen molar-refractivity contribution in [1.82, 2.24) is 9.97 Å². The number of anilines is 1. The number of nitrogens with one attached hydrogen (secondary N) is 2. The zero-order valence-electron chi connectivity index (χ0n) is 11.9. The molecule has 1 aromatic heterocycles.